The molecule has 25 heavy (non-hydrogen) atoms. The molecule has 1 fully saturated rings. The second-order valence-electron chi connectivity index (χ2n) is 6.08. The van der Waals surface area contributed by atoms with Crippen LogP contribution in [0, 0.1) is 6.92 Å². The minimum absolute atomic E-state index is 0.0832. The number of benzene rings is 1. The van der Waals surface area contributed by atoms with E-state index >= 15 is 0 Å². The number of hydrogen-bond acceptors (Lipinski definition) is 5. The van der Waals surface area contributed by atoms with E-state index in [2.05, 4.69) is 10.3 Å². The number of hydrogen-bond donors (Lipinski definition) is 1. The zero-order valence-electron chi connectivity index (χ0n) is 14.3. The Balaban J connectivity index is 1.51. The summed E-state index contributed by atoms with van der Waals surface area (Å²) in [7, 11) is 1.64. The van der Waals surface area contributed by atoms with Crippen LogP contribution < -0.4 is 10.1 Å². The van der Waals surface area contributed by atoms with Crippen molar-refractivity contribution >= 4 is 23.2 Å². The lowest BCUT2D eigenvalue weighted by atomic mass is 10.1. The molecule has 1 N–H and O–H groups in total. The second kappa shape index (κ2) is 7.65. The van der Waals surface area contributed by atoms with E-state index in [0.717, 1.165) is 23.4 Å². The Morgan fingerprint density at radius 1 is 1.40 bits per heavy atom. The van der Waals surface area contributed by atoms with Gasteiger partial charge in [0.2, 0.25) is 5.91 Å². The summed E-state index contributed by atoms with van der Waals surface area (Å²) in [6, 6.07) is 7.71. The van der Waals surface area contributed by atoms with Gasteiger partial charge in [0.05, 0.1) is 24.4 Å². The Morgan fingerprint density at radius 3 is 2.80 bits per heavy atom. The Labute approximate surface area is 150 Å². The van der Waals surface area contributed by atoms with Crippen molar-refractivity contribution in [3.8, 4) is 5.75 Å². The average molecular weight is 359 g/mol. The van der Waals surface area contributed by atoms with Crippen LogP contribution in [-0.4, -0.2) is 47.9 Å². The first kappa shape index (κ1) is 17.4. The Kier molecular flexibility index (Phi) is 5.33. The predicted molar refractivity (Wildman–Crippen MR) is 96.0 cm³/mol. The van der Waals surface area contributed by atoms with Gasteiger partial charge in [-0.2, -0.15) is 0 Å². The van der Waals surface area contributed by atoms with Crippen LogP contribution in [0.1, 0.15) is 27.3 Å². The fraction of sp³-hybridized carbons (Fsp3) is 0.389. The van der Waals surface area contributed by atoms with Crippen molar-refractivity contribution < 1.29 is 14.3 Å². The highest BCUT2D eigenvalue weighted by molar-refractivity contribution is 7.11. The molecule has 1 atom stereocenters. The van der Waals surface area contributed by atoms with Gasteiger partial charge < -0.3 is 15.0 Å². The fourth-order valence-electron chi connectivity index (χ4n) is 2.91. The molecule has 0 radical (unpaired) electrons. The van der Waals surface area contributed by atoms with Gasteiger partial charge >= 0.3 is 0 Å². The van der Waals surface area contributed by atoms with Crippen LogP contribution in [0.3, 0.4) is 0 Å². The Hall–Kier alpha value is -2.41. The predicted octanol–water partition coefficient (Wildman–Crippen LogP) is 2.03. The maximum Gasteiger partial charge on any atom is 0.263 e. The molecule has 2 heterocycles. The highest BCUT2D eigenvalue weighted by atomic mass is 32.1. The summed E-state index contributed by atoms with van der Waals surface area (Å²) >= 11 is 1.32. The molecule has 2 aromatic rings. The van der Waals surface area contributed by atoms with Gasteiger partial charge in [0.25, 0.3) is 5.91 Å². The molecular formula is C18H21N3O3S. The molecule has 0 saturated carbocycles. The van der Waals surface area contributed by atoms with Crippen LogP contribution >= 0.6 is 11.3 Å². The molecule has 1 aliphatic heterocycles. The third-order valence-electron chi connectivity index (χ3n) is 4.33. The maximum absolute atomic E-state index is 12.3. The Morgan fingerprint density at radius 2 is 2.16 bits per heavy atom. The van der Waals surface area contributed by atoms with Gasteiger partial charge in [-0.15, -0.1) is 11.3 Å². The zero-order valence-corrected chi connectivity index (χ0v) is 15.1. The lowest BCUT2D eigenvalue weighted by Gasteiger charge is -2.17. The van der Waals surface area contributed by atoms with Gasteiger partial charge in [0.1, 0.15) is 10.6 Å². The van der Waals surface area contributed by atoms with Gasteiger partial charge in [-0.05, 0) is 31.0 Å². The summed E-state index contributed by atoms with van der Waals surface area (Å²) in [5, 5.41) is 2.95. The van der Waals surface area contributed by atoms with Gasteiger partial charge in [0.15, 0.2) is 0 Å². The molecule has 3 rings (SSSR count). The first-order valence-corrected chi connectivity index (χ1v) is 9.06. The van der Waals surface area contributed by atoms with Crippen LogP contribution in [0.25, 0.3) is 0 Å². The number of aryl methyl sites for hydroxylation is 1. The summed E-state index contributed by atoms with van der Waals surface area (Å²) in [6.07, 6.45) is 1.14. The Bertz CT molecular complexity index is 757. The highest BCUT2D eigenvalue weighted by Gasteiger charge is 2.30. The quantitative estimate of drug-likeness (QED) is 0.857. The minimum atomic E-state index is -0.144. The topological polar surface area (TPSA) is 71.5 Å². The number of rotatable bonds is 6. The summed E-state index contributed by atoms with van der Waals surface area (Å²) in [5.74, 6) is 0.761. The van der Waals surface area contributed by atoms with E-state index in [0.29, 0.717) is 24.4 Å². The number of amides is 2. The minimum Gasteiger partial charge on any atom is -0.497 e. The molecule has 0 spiro atoms. The molecule has 1 aliphatic rings. The van der Waals surface area contributed by atoms with Crippen molar-refractivity contribution in [1.29, 1.82) is 0 Å². The summed E-state index contributed by atoms with van der Waals surface area (Å²) in [4.78, 5) is 31.0. The summed E-state index contributed by atoms with van der Waals surface area (Å²) in [5.41, 5.74) is 3.54. The van der Waals surface area contributed by atoms with E-state index in [1.54, 1.807) is 12.6 Å². The molecule has 1 aromatic carbocycles. The molecule has 0 unspecified atom stereocenters. The van der Waals surface area contributed by atoms with Crippen molar-refractivity contribution in [2.45, 2.75) is 25.8 Å². The van der Waals surface area contributed by atoms with E-state index in [1.807, 2.05) is 36.1 Å². The van der Waals surface area contributed by atoms with E-state index in [4.69, 9.17) is 4.74 Å². The molecule has 1 saturated heterocycles. The lowest BCUT2D eigenvalue weighted by molar-refractivity contribution is -0.127. The average Bonchev–Trinajstić information content (AvgIpc) is 3.19. The third kappa shape index (κ3) is 4.17. The first-order valence-electron chi connectivity index (χ1n) is 8.18. The number of methoxy groups -OCH3 is 1. The van der Waals surface area contributed by atoms with E-state index in [-0.39, 0.29) is 17.9 Å². The van der Waals surface area contributed by atoms with Gasteiger partial charge in [0, 0.05) is 19.5 Å². The monoisotopic (exact) mass is 359 g/mol. The largest absolute Gasteiger partial charge is 0.497 e. The van der Waals surface area contributed by atoms with Crippen molar-refractivity contribution in [2.24, 2.45) is 0 Å². The molecule has 6 nitrogen and oxygen atoms in total. The number of carbonyl (C=O) groups excluding carboxylic acids is 2. The second-order valence-corrected chi connectivity index (χ2v) is 6.93. The number of ether oxygens (including phenoxy) is 1. The first-order chi connectivity index (χ1) is 12.1. The van der Waals surface area contributed by atoms with E-state index in [9.17, 15) is 9.59 Å². The zero-order chi connectivity index (χ0) is 17.8. The summed E-state index contributed by atoms with van der Waals surface area (Å²) < 4.78 is 5.15. The van der Waals surface area contributed by atoms with Gasteiger partial charge in [-0.3, -0.25) is 9.59 Å². The van der Waals surface area contributed by atoms with Crippen molar-refractivity contribution in [1.82, 2.24) is 15.2 Å². The fourth-order valence-corrected chi connectivity index (χ4v) is 3.62. The molecule has 0 aliphatic carbocycles. The number of likely N-dealkylation sites (tertiary alicyclic amines) is 1. The standard InChI is InChI=1S/C18H21N3O3S/c1-12-17(25-11-19-12)18(23)20-14-9-16(22)21(10-14)8-7-13-3-5-15(24-2)6-4-13/h3-6,11,14H,7-10H2,1-2H3,(H,20,23)/t14-/m0/s1. The van der Waals surface area contributed by atoms with Crippen LogP contribution in [0.15, 0.2) is 29.8 Å². The van der Waals surface area contributed by atoms with Gasteiger partial charge in [-0.1, -0.05) is 12.1 Å². The smallest absolute Gasteiger partial charge is 0.263 e. The molecule has 1 aromatic heterocycles. The van der Waals surface area contributed by atoms with Crippen molar-refractivity contribution in [3.05, 3.63) is 45.9 Å². The van der Waals surface area contributed by atoms with Crippen LogP contribution in [0.2, 0.25) is 0 Å². The van der Waals surface area contributed by atoms with Crippen molar-refractivity contribution in [2.75, 3.05) is 20.2 Å². The molecule has 7 heteroatoms. The SMILES string of the molecule is COc1ccc(CCN2C[C@@H](NC(=O)c3scnc3C)CC2=O)cc1. The molecule has 0 bridgehead atoms. The van der Waals surface area contributed by atoms with Gasteiger partial charge in [-0.25, -0.2) is 4.98 Å². The third-order valence-corrected chi connectivity index (χ3v) is 5.26. The number of thiazole rings is 1. The number of carbonyl (C=O) groups is 2. The number of nitrogens with zero attached hydrogens (tertiary/aromatic N) is 2. The molecule has 132 valence electrons. The van der Waals surface area contributed by atoms with E-state index < -0.39 is 0 Å². The normalized spacial score (nSPS) is 17.0. The lowest BCUT2D eigenvalue weighted by Crippen LogP contribution is -2.37. The maximum atomic E-state index is 12.3. The number of nitrogens with one attached hydrogen (secondary N) is 1. The molecule has 2 amide bonds. The van der Waals surface area contributed by atoms with Crippen LogP contribution in [-0.2, 0) is 11.2 Å². The van der Waals surface area contributed by atoms with E-state index in [1.165, 1.54) is 11.3 Å². The van der Waals surface area contributed by atoms with Crippen LogP contribution in [0.4, 0.5) is 0 Å². The van der Waals surface area contributed by atoms with Crippen molar-refractivity contribution in [3.63, 3.8) is 0 Å². The van der Waals surface area contributed by atoms with Crippen LogP contribution in [0.5, 0.6) is 5.75 Å². The highest BCUT2D eigenvalue weighted by Crippen LogP contribution is 2.17. The number of aromatic nitrogens is 1. The summed E-state index contributed by atoms with van der Waals surface area (Å²) in [6.45, 7) is 3.02. The molecular weight excluding hydrogens is 338 g/mol.